The normalized spacial score (nSPS) is 30.3. The van der Waals surface area contributed by atoms with Crippen LogP contribution in [0.2, 0.25) is 0 Å². The molecule has 0 bridgehead atoms. The van der Waals surface area contributed by atoms with Crippen molar-refractivity contribution in [2.24, 2.45) is 17.4 Å². The number of nitrogens with two attached hydrogens (primary N) is 2. The van der Waals surface area contributed by atoms with Crippen molar-refractivity contribution in [3.63, 3.8) is 0 Å². The monoisotopic (exact) mass is 154 g/mol. The minimum Gasteiger partial charge on any atom is -0.366 e. The van der Waals surface area contributed by atoms with Crippen LogP contribution in [0.4, 0.5) is 0 Å². The quantitative estimate of drug-likeness (QED) is 0.556. The van der Waals surface area contributed by atoms with E-state index in [-0.39, 0.29) is 17.9 Å². The summed E-state index contributed by atoms with van der Waals surface area (Å²) in [6.45, 7) is 3.64. The molecule has 0 spiro atoms. The van der Waals surface area contributed by atoms with Crippen molar-refractivity contribution in [1.29, 1.82) is 0 Å². The SMILES string of the molecule is C=C(C(N)=O)C1CCC(N)C1. The van der Waals surface area contributed by atoms with Gasteiger partial charge in [0.25, 0.3) is 0 Å². The second-order valence-corrected chi connectivity index (χ2v) is 3.16. The Labute approximate surface area is 66.4 Å². The maximum Gasteiger partial charge on any atom is 0.244 e. The van der Waals surface area contributed by atoms with E-state index >= 15 is 0 Å². The van der Waals surface area contributed by atoms with Crippen LogP contribution >= 0.6 is 0 Å². The van der Waals surface area contributed by atoms with E-state index in [2.05, 4.69) is 6.58 Å². The van der Waals surface area contributed by atoms with E-state index in [1.54, 1.807) is 0 Å². The molecule has 0 saturated heterocycles. The third-order valence-corrected chi connectivity index (χ3v) is 2.28. The summed E-state index contributed by atoms with van der Waals surface area (Å²) in [6.07, 6.45) is 2.81. The second-order valence-electron chi connectivity index (χ2n) is 3.16. The van der Waals surface area contributed by atoms with Gasteiger partial charge in [-0.1, -0.05) is 6.58 Å². The molecule has 0 radical (unpaired) electrons. The molecule has 1 rings (SSSR count). The zero-order valence-electron chi connectivity index (χ0n) is 6.55. The summed E-state index contributed by atoms with van der Waals surface area (Å²) in [5.41, 5.74) is 11.3. The third kappa shape index (κ3) is 1.80. The molecule has 2 unspecified atom stereocenters. The third-order valence-electron chi connectivity index (χ3n) is 2.28. The molecule has 62 valence electrons. The highest BCUT2D eigenvalue weighted by Gasteiger charge is 2.25. The molecule has 3 heteroatoms. The lowest BCUT2D eigenvalue weighted by molar-refractivity contribution is -0.115. The standard InChI is InChI=1S/C8H14N2O/c1-5(8(10)11)6-2-3-7(9)4-6/h6-7H,1-4,9H2,(H2,10,11). The molecule has 1 aliphatic rings. The number of carbonyl (C=O) groups excluding carboxylic acids is 1. The van der Waals surface area contributed by atoms with Crippen LogP contribution in [0.5, 0.6) is 0 Å². The summed E-state index contributed by atoms with van der Waals surface area (Å²) in [4.78, 5) is 10.7. The van der Waals surface area contributed by atoms with Crippen LogP contribution in [0.15, 0.2) is 12.2 Å². The zero-order chi connectivity index (χ0) is 8.43. The number of amides is 1. The molecule has 3 nitrogen and oxygen atoms in total. The van der Waals surface area contributed by atoms with Crippen LogP contribution in [0.25, 0.3) is 0 Å². The topological polar surface area (TPSA) is 69.1 Å². The van der Waals surface area contributed by atoms with Crippen molar-refractivity contribution in [2.45, 2.75) is 25.3 Å². The van der Waals surface area contributed by atoms with Crippen LogP contribution in [-0.2, 0) is 4.79 Å². The van der Waals surface area contributed by atoms with E-state index < -0.39 is 0 Å². The van der Waals surface area contributed by atoms with Gasteiger partial charge in [-0.25, -0.2) is 0 Å². The fourth-order valence-electron chi connectivity index (χ4n) is 1.53. The highest BCUT2D eigenvalue weighted by molar-refractivity contribution is 5.91. The minimum absolute atomic E-state index is 0.232. The average Bonchev–Trinajstić information content (AvgIpc) is 2.34. The van der Waals surface area contributed by atoms with Gasteiger partial charge in [0.05, 0.1) is 0 Å². The van der Waals surface area contributed by atoms with Gasteiger partial charge in [0.15, 0.2) is 0 Å². The molecule has 0 aliphatic heterocycles. The highest BCUT2D eigenvalue weighted by atomic mass is 16.1. The average molecular weight is 154 g/mol. The first-order chi connectivity index (χ1) is 5.11. The van der Waals surface area contributed by atoms with E-state index in [1.165, 1.54) is 0 Å². The lowest BCUT2D eigenvalue weighted by Crippen LogP contribution is -2.20. The number of carbonyl (C=O) groups is 1. The first-order valence-corrected chi connectivity index (χ1v) is 3.85. The van der Waals surface area contributed by atoms with Crippen molar-refractivity contribution in [3.05, 3.63) is 12.2 Å². The van der Waals surface area contributed by atoms with Gasteiger partial charge in [0, 0.05) is 11.6 Å². The molecule has 0 aromatic carbocycles. The Morgan fingerprint density at radius 3 is 2.45 bits per heavy atom. The summed E-state index contributed by atoms with van der Waals surface area (Å²) in [7, 11) is 0. The Morgan fingerprint density at radius 2 is 2.09 bits per heavy atom. The summed E-state index contributed by atoms with van der Waals surface area (Å²) >= 11 is 0. The number of rotatable bonds is 2. The van der Waals surface area contributed by atoms with Crippen molar-refractivity contribution in [3.8, 4) is 0 Å². The second kappa shape index (κ2) is 3.05. The molecule has 4 N–H and O–H groups in total. The fraction of sp³-hybridized carbons (Fsp3) is 0.625. The molecule has 0 aromatic heterocycles. The lowest BCUT2D eigenvalue weighted by atomic mass is 9.98. The Hall–Kier alpha value is -0.830. The van der Waals surface area contributed by atoms with Gasteiger partial charge in [0.2, 0.25) is 5.91 Å². The van der Waals surface area contributed by atoms with Crippen LogP contribution < -0.4 is 11.5 Å². The van der Waals surface area contributed by atoms with Crippen LogP contribution in [-0.4, -0.2) is 11.9 Å². The Balaban J connectivity index is 2.50. The van der Waals surface area contributed by atoms with Crippen molar-refractivity contribution in [1.82, 2.24) is 0 Å². The van der Waals surface area contributed by atoms with Gasteiger partial charge in [-0.05, 0) is 25.2 Å². The van der Waals surface area contributed by atoms with Crippen molar-refractivity contribution in [2.75, 3.05) is 0 Å². The van der Waals surface area contributed by atoms with E-state index in [0.717, 1.165) is 19.3 Å². The summed E-state index contributed by atoms with van der Waals surface area (Å²) in [6, 6.07) is 0.232. The Morgan fingerprint density at radius 1 is 1.45 bits per heavy atom. The number of primary amides is 1. The molecule has 1 amide bonds. The van der Waals surface area contributed by atoms with E-state index in [1.807, 2.05) is 0 Å². The Bertz CT molecular complexity index is 189. The molecule has 11 heavy (non-hydrogen) atoms. The van der Waals surface area contributed by atoms with E-state index in [0.29, 0.717) is 5.57 Å². The van der Waals surface area contributed by atoms with E-state index in [4.69, 9.17) is 11.5 Å². The number of hydrogen-bond acceptors (Lipinski definition) is 2. The maximum atomic E-state index is 10.7. The molecule has 1 fully saturated rings. The lowest BCUT2D eigenvalue weighted by Gasteiger charge is -2.08. The molecular weight excluding hydrogens is 140 g/mol. The largest absolute Gasteiger partial charge is 0.366 e. The molecule has 0 heterocycles. The predicted octanol–water partition coefficient (Wildman–Crippen LogP) is 0.155. The van der Waals surface area contributed by atoms with Crippen LogP contribution in [0, 0.1) is 5.92 Å². The summed E-state index contributed by atoms with van der Waals surface area (Å²) in [5.74, 6) is -0.147. The van der Waals surface area contributed by atoms with Gasteiger partial charge in [-0.3, -0.25) is 4.79 Å². The first kappa shape index (κ1) is 8.27. The molecule has 2 atom stereocenters. The van der Waals surface area contributed by atoms with Crippen LogP contribution in [0.1, 0.15) is 19.3 Å². The molecule has 1 saturated carbocycles. The van der Waals surface area contributed by atoms with Gasteiger partial charge in [-0.2, -0.15) is 0 Å². The Kier molecular flexibility index (Phi) is 2.29. The minimum atomic E-state index is -0.385. The fourth-order valence-corrected chi connectivity index (χ4v) is 1.53. The van der Waals surface area contributed by atoms with Gasteiger partial charge in [0.1, 0.15) is 0 Å². The van der Waals surface area contributed by atoms with Crippen molar-refractivity contribution >= 4 is 5.91 Å². The van der Waals surface area contributed by atoms with Gasteiger partial charge in [-0.15, -0.1) is 0 Å². The molecular formula is C8H14N2O. The van der Waals surface area contributed by atoms with Gasteiger partial charge < -0.3 is 11.5 Å². The smallest absolute Gasteiger partial charge is 0.244 e. The highest BCUT2D eigenvalue weighted by Crippen LogP contribution is 2.29. The van der Waals surface area contributed by atoms with Gasteiger partial charge >= 0.3 is 0 Å². The first-order valence-electron chi connectivity index (χ1n) is 3.85. The van der Waals surface area contributed by atoms with Crippen LogP contribution in [0.3, 0.4) is 0 Å². The molecule has 1 aliphatic carbocycles. The van der Waals surface area contributed by atoms with Crippen molar-refractivity contribution < 1.29 is 4.79 Å². The molecule has 0 aromatic rings. The van der Waals surface area contributed by atoms with E-state index in [9.17, 15) is 4.79 Å². The zero-order valence-corrected chi connectivity index (χ0v) is 6.55. The summed E-state index contributed by atoms with van der Waals surface area (Å²) < 4.78 is 0. The maximum absolute atomic E-state index is 10.7. The number of hydrogen-bond donors (Lipinski definition) is 2. The predicted molar refractivity (Wildman–Crippen MR) is 43.7 cm³/mol. The summed E-state index contributed by atoms with van der Waals surface area (Å²) in [5, 5.41) is 0.